The number of hydrogen-bond acceptors (Lipinski definition) is 6. The Labute approximate surface area is 157 Å². The van der Waals surface area contributed by atoms with Crippen molar-refractivity contribution in [3.8, 4) is 0 Å². The summed E-state index contributed by atoms with van der Waals surface area (Å²) < 4.78 is 12.5. The van der Waals surface area contributed by atoms with Crippen LogP contribution in [0.5, 0.6) is 0 Å². The zero-order valence-electron chi connectivity index (χ0n) is 14.9. The van der Waals surface area contributed by atoms with Crippen LogP contribution in [-0.2, 0) is 25.4 Å². The van der Waals surface area contributed by atoms with Crippen molar-refractivity contribution in [2.24, 2.45) is 5.92 Å². The number of pyridine rings is 1. The van der Waals surface area contributed by atoms with Gasteiger partial charge in [0.2, 0.25) is 0 Å². The number of carbonyl (C=O) groups excluding carboxylic acids is 2. The Morgan fingerprint density at radius 3 is 2.92 bits per heavy atom. The minimum absolute atomic E-state index is 0.113. The predicted octanol–water partition coefficient (Wildman–Crippen LogP) is 1.46. The summed E-state index contributed by atoms with van der Waals surface area (Å²) in [6.45, 7) is 3.77. The molecule has 0 atom stereocenters. The molecule has 1 aliphatic rings. The van der Waals surface area contributed by atoms with E-state index in [9.17, 15) is 9.59 Å². The average Bonchev–Trinajstić information content (AvgIpc) is 3.36. The van der Waals surface area contributed by atoms with Gasteiger partial charge in [-0.05, 0) is 50.6 Å². The van der Waals surface area contributed by atoms with Crippen LogP contribution in [0.15, 0.2) is 18.2 Å². The van der Waals surface area contributed by atoms with E-state index in [1.165, 1.54) is 0 Å². The lowest BCUT2D eigenvalue weighted by atomic mass is 9.84. The van der Waals surface area contributed by atoms with Crippen LogP contribution in [0.1, 0.15) is 19.8 Å². The number of hydrogen-bond donors (Lipinski definition) is 0. The van der Waals surface area contributed by atoms with E-state index in [-0.39, 0.29) is 6.54 Å². The molecule has 0 saturated heterocycles. The lowest BCUT2D eigenvalue weighted by Gasteiger charge is -2.17. The number of nitrogens with zero attached hydrogens (tertiary/aromatic N) is 3. The van der Waals surface area contributed by atoms with E-state index in [1.807, 2.05) is 30.7 Å². The molecule has 0 aliphatic heterocycles. The first kappa shape index (κ1) is 18.7. The molecule has 2 aromatic rings. The van der Waals surface area contributed by atoms with E-state index in [4.69, 9.17) is 20.9 Å². The van der Waals surface area contributed by atoms with E-state index in [1.54, 1.807) is 11.0 Å². The fourth-order valence-electron chi connectivity index (χ4n) is 2.77. The molecule has 26 heavy (non-hydrogen) atoms. The summed E-state index contributed by atoms with van der Waals surface area (Å²) in [6.07, 6.45) is 2.28. The van der Waals surface area contributed by atoms with Crippen LogP contribution >= 0.6 is 11.6 Å². The zero-order chi connectivity index (χ0) is 18.7. The molecular formula is C17H21BClN3O4. The third kappa shape index (κ3) is 4.37. The molecule has 0 unspecified atom stereocenters. The van der Waals surface area contributed by atoms with Gasteiger partial charge in [-0.15, -0.1) is 0 Å². The van der Waals surface area contributed by atoms with Gasteiger partial charge in [-0.3, -0.25) is 14.5 Å². The summed E-state index contributed by atoms with van der Waals surface area (Å²) in [4.78, 5) is 29.4. The van der Waals surface area contributed by atoms with Crippen LogP contribution in [0.2, 0.25) is 5.15 Å². The van der Waals surface area contributed by atoms with Crippen LogP contribution in [0, 0.1) is 5.92 Å². The van der Waals surface area contributed by atoms with Crippen molar-refractivity contribution < 1.29 is 18.9 Å². The Morgan fingerprint density at radius 1 is 1.50 bits per heavy atom. The van der Waals surface area contributed by atoms with E-state index in [0.29, 0.717) is 35.3 Å². The Kier molecular flexibility index (Phi) is 5.83. The first-order valence-electron chi connectivity index (χ1n) is 8.64. The highest BCUT2D eigenvalue weighted by atomic mass is 35.5. The van der Waals surface area contributed by atoms with Gasteiger partial charge in [-0.2, -0.15) is 0 Å². The Morgan fingerprint density at radius 2 is 2.27 bits per heavy atom. The molecule has 138 valence electrons. The quantitative estimate of drug-likeness (QED) is 0.374. The second-order valence-corrected chi connectivity index (χ2v) is 6.94. The highest BCUT2D eigenvalue weighted by Gasteiger charge is 2.35. The Bertz CT molecular complexity index is 809. The topological polar surface area (TPSA) is 73.7 Å². The Balaban J connectivity index is 1.93. The molecule has 0 spiro atoms. The molecule has 0 radical (unpaired) electrons. The highest BCUT2D eigenvalue weighted by molar-refractivity contribution is 6.63. The number of carbonyl (C=O) groups is 2. The number of likely N-dealkylation sites (N-methyl/N-ethyl adjacent to an activating group) is 1. The standard InChI is InChI=1S/C17H21BClN3O4/c1-3-21(2)10-16(24)26-18(25-11-23)14-8-13-6-7-15(19)20-17(13)22(14)9-12-4-5-12/h6-8,11-12H,3-5,9-10H2,1-2H3. The number of fused-ring (bicyclic) bond motifs is 1. The van der Waals surface area contributed by atoms with Crippen molar-refractivity contribution in [2.45, 2.75) is 26.3 Å². The Hall–Kier alpha value is -2.06. The first-order valence-corrected chi connectivity index (χ1v) is 9.02. The molecule has 0 N–H and O–H groups in total. The SMILES string of the molecule is CCN(C)CC(=O)OB(OC=O)c1cc2ccc(Cl)nc2n1CC1CC1. The van der Waals surface area contributed by atoms with Crippen molar-refractivity contribution in [3.63, 3.8) is 0 Å². The van der Waals surface area contributed by atoms with Crippen molar-refractivity contribution in [3.05, 3.63) is 23.4 Å². The maximum atomic E-state index is 12.2. The van der Waals surface area contributed by atoms with Crippen LogP contribution in [0.25, 0.3) is 11.0 Å². The molecule has 1 fully saturated rings. The van der Waals surface area contributed by atoms with Gasteiger partial charge in [-0.25, -0.2) is 4.98 Å². The molecular weight excluding hydrogens is 356 g/mol. The highest BCUT2D eigenvalue weighted by Crippen LogP contribution is 2.31. The lowest BCUT2D eigenvalue weighted by molar-refractivity contribution is -0.137. The van der Waals surface area contributed by atoms with Crippen molar-refractivity contribution >= 4 is 47.8 Å². The first-order chi connectivity index (χ1) is 12.5. The summed E-state index contributed by atoms with van der Waals surface area (Å²) >= 11 is 6.05. The number of rotatable bonds is 9. The summed E-state index contributed by atoms with van der Waals surface area (Å²) in [5, 5.41) is 1.24. The maximum absolute atomic E-state index is 12.2. The fraction of sp³-hybridized carbons (Fsp3) is 0.471. The van der Waals surface area contributed by atoms with Gasteiger partial charge >= 0.3 is 13.1 Å². The zero-order valence-corrected chi connectivity index (χ0v) is 15.6. The molecule has 2 aromatic heterocycles. The van der Waals surface area contributed by atoms with Crippen LogP contribution in [-0.4, -0.2) is 54.1 Å². The maximum Gasteiger partial charge on any atom is 0.653 e. The van der Waals surface area contributed by atoms with Crippen molar-refractivity contribution in [2.75, 3.05) is 20.1 Å². The number of aromatic nitrogens is 2. The van der Waals surface area contributed by atoms with Gasteiger partial charge in [0.15, 0.2) is 0 Å². The van der Waals surface area contributed by atoms with Gasteiger partial charge in [0, 0.05) is 11.9 Å². The molecule has 7 nitrogen and oxygen atoms in total. The van der Waals surface area contributed by atoms with Gasteiger partial charge in [0.1, 0.15) is 10.8 Å². The smallest absolute Gasteiger partial charge is 0.497 e. The van der Waals surface area contributed by atoms with Crippen LogP contribution < -0.4 is 5.59 Å². The van der Waals surface area contributed by atoms with Crippen LogP contribution in [0.4, 0.5) is 0 Å². The minimum Gasteiger partial charge on any atom is -0.497 e. The van der Waals surface area contributed by atoms with Gasteiger partial charge < -0.3 is 13.9 Å². The summed E-state index contributed by atoms with van der Waals surface area (Å²) in [5.74, 6) is 0.0827. The third-order valence-corrected chi connectivity index (χ3v) is 4.69. The lowest BCUT2D eigenvalue weighted by Crippen LogP contribution is -2.44. The van der Waals surface area contributed by atoms with E-state index < -0.39 is 13.1 Å². The van der Waals surface area contributed by atoms with Gasteiger partial charge in [0.25, 0.3) is 6.47 Å². The molecule has 0 amide bonds. The molecule has 1 aliphatic carbocycles. The van der Waals surface area contributed by atoms with Crippen molar-refractivity contribution in [1.29, 1.82) is 0 Å². The summed E-state index contributed by atoms with van der Waals surface area (Å²) in [6, 6.07) is 5.38. The summed E-state index contributed by atoms with van der Waals surface area (Å²) in [7, 11) is 0.698. The monoisotopic (exact) mass is 377 g/mol. The van der Waals surface area contributed by atoms with Gasteiger partial charge in [0.05, 0.1) is 12.1 Å². The largest absolute Gasteiger partial charge is 0.653 e. The minimum atomic E-state index is -1.11. The molecule has 0 bridgehead atoms. The number of halogens is 1. The average molecular weight is 378 g/mol. The second-order valence-electron chi connectivity index (χ2n) is 6.55. The summed E-state index contributed by atoms with van der Waals surface area (Å²) in [5.41, 5.74) is 1.28. The molecule has 2 heterocycles. The fourth-order valence-corrected chi connectivity index (χ4v) is 2.91. The molecule has 9 heteroatoms. The van der Waals surface area contributed by atoms with E-state index in [2.05, 4.69) is 4.98 Å². The molecule has 0 aromatic carbocycles. The second kappa shape index (κ2) is 8.10. The third-order valence-electron chi connectivity index (χ3n) is 4.48. The van der Waals surface area contributed by atoms with E-state index >= 15 is 0 Å². The van der Waals surface area contributed by atoms with Crippen molar-refractivity contribution in [1.82, 2.24) is 14.5 Å². The predicted molar refractivity (Wildman–Crippen MR) is 99.3 cm³/mol. The molecule has 3 rings (SSSR count). The van der Waals surface area contributed by atoms with Crippen LogP contribution in [0.3, 0.4) is 0 Å². The van der Waals surface area contributed by atoms with Gasteiger partial charge in [-0.1, -0.05) is 18.5 Å². The van der Waals surface area contributed by atoms with E-state index in [0.717, 1.165) is 24.8 Å². The normalized spacial score (nSPS) is 13.8. The molecule has 1 saturated carbocycles.